The standard InChI is InChI=1S/C22H25NO/c1-2-3-4-17-5-7-18(8-6-17)16-22-21-15-19(12-14-24)9-10-20(21)11-13-23-22/h5-11,13,15,24H,2-4,12,14,16H2,1H3. The van der Waals surface area contributed by atoms with Gasteiger partial charge >= 0.3 is 0 Å². The molecule has 0 atom stereocenters. The smallest absolute Gasteiger partial charge is 0.0525 e. The zero-order valence-electron chi connectivity index (χ0n) is 14.3. The molecular weight excluding hydrogens is 294 g/mol. The molecule has 0 unspecified atom stereocenters. The minimum absolute atomic E-state index is 0.181. The van der Waals surface area contributed by atoms with Crippen LogP contribution in [0.1, 0.15) is 42.1 Å². The lowest BCUT2D eigenvalue weighted by Crippen LogP contribution is -1.96. The summed E-state index contributed by atoms with van der Waals surface area (Å²) >= 11 is 0. The number of aliphatic hydroxyl groups excluding tert-OH is 1. The molecule has 0 spiro atoms. The predicted octanol–water partition coefficient (Wildman–Crippen LogP) is 4.70. The summed E-state index contributed by atoms with van der Waals surface area (Å²) in [5.74, 6) is 0. The molecule has 1 N–H and O–H groups in total. The number of rotatable bonds is 7. The fraction of sp³-hybridized carbons (Fsp3) is 0.318. The van der Waals surface area contributed by atoms with Gasteiger partial charge in [0, 0.05) is 24.6 Å². The second-order valence-electron chi connectivity index (χ2n) is 6.38. The molecule has 2 aromatic carbocycles. The van der Waals surface area contributed by atoms with Crippen molar-refractivity contribution in [2.24, 2.45) is 0 Å². The van der Waals surface area contributed by atoms with Crippen molar-refractivity contribution in [3.8, 4) is 0 Å². The summed E-state index contributed by atoms with van der Waals surface area (Å²) < 4.78 is 0. The first kappa shape index (κ1) is 16.7. The highest BCUT2D eigenvalue weighted by atomic mass is 16.2. The fourth-order valence-corrected chi connectivity index (χ4v) is 3.10. The molecular formula is C22H25NO. The Hall–Kier alpha value is -2.19. The van der Waals surface area contributed by atoms with Gasteiger partial charge in [0.1, 0.15) is 0 Å². The van der Waals surface area contributed by atoms with Gasteiger partial charge in [-0.25, -0.2) is 0 Å². The Morgan fingerprint density at radius 3 is 2.38 bits per heavy atom. The molecule has 2 heteroatoms. The van der Waals surface area contributed by atoms with E-state index in [1.54, 1.807) is 0 Å². The van der Waals surface area contributed by atoms with Crippen LogP contribution < -0.4 is 0 Å². The number of pyridine rings is 1. The van der Waals surface area contributed by atoms with Crippen molar-refractivity contribution in [2.75, 3.05) is 6.61 Å². The number of hydrogen-bond acceptors (Lipinski definition) is 2. The molecule has 1 heterocycles. The predicted molar refractivity (Wildman–Crippen MR) is 100 cm³/mol. The third-order valence-electron chi connectivity index (χ3n) is 4.53. The fourth-order valence-electron chi connectivity index (χ4n) is 3.10. The van der Waals surface area contributed by atoms with Gasteiger partial charge in [-0.1, -0.05) is 49.7 Å². The molecule has 0 aliphatic rings. The van der Waals surface area contributed by atoms with Crippen LogP contribution in [-0.4, -0.2) is 16.7 Å². The van der Waals surface area contributed by atoms with Crippen LogP contribution in [0.5, 0.6) is 0 Å². The summed E-state index contributed by atoms with van der Waals surface area (Å²) in [5, 5.41) is 11.6. The van der Waals surface area contributed by atoms with E-state index in [1.807, 2.05) is 6.20 Å². The monoisotopic (exact) mass is 319 g/mol. The third-order valence-corrected chi connectivity index (χ3v) is 4.53. The van der Waals surface area contributed by atoms with Crippen molar-refractivity contribution in [3.05, 3.63) is 77.1 Å². The highest BCUT2D eigenvalue weighted by molar-refractivity contribution is 5.85. The Kier molecular flexibility index (Phi) is 5.60. The molecule has 0 saturated carbocycles. The van der Waals surface area contributed by atoms with Crippen LogP contribution in [0.3, 0.4) is 0 Å². The minimum Gasteiger partial charge on any atom is -0.396 e. The van der Waals surface area contributed by atoms with Crippen LogP contribution in [-0.2, 0) is 19.3 Å². The van der Waals surface area contributed by atoms with E-state index in [2.05, 4.69) is 60.4 Å². The van der Waals surface area contributed by atoms with Gasteiger partial charge in [0.05, 0.1) is 5.69 Å². The van der Waals surface area contributed by atoms with Gasteiger partial charge in [-0.2, -0.15) is 0 Å². The number of nitrogens with zero attached hydrogens (tertiary/aromatic N) is 1. The van der Waals surface area contributed by atoms with E-state index in [0.717, 1.165) is 24.1 Å². The molecule has 124 valence electrons. The molecule has 0 aliphatic carbocycles. The van der Waals surface area contributed by atoms with E-state index in [4.69, 9.17) is 5.11 Å². The molecule has 0 bridgehead atoms. The number of hydrogen-bond donors (Lipinski definition) is 1. The van der Waals surface area contributed by atoms with E-state index < -0.39 is 0 Å². The highest BCUT2D eigenvalue weighted by Gasteiger charge is 2.05. The molecule has 2 nitrogen and oxygen atoms in total. The topological polar surface area (TPSA) is 33.1 Å². The maximum absolute atomic E-state index is 9.17. The molecule has 1 aromatic heterocycles. The first-order valence-electron chi connectivity index (χ1n) is 8.85. The quantitative estimate of drug-likeness (QED) is 0.684. The SMILES string of the molecule is CCCCc1ccc(Cc2nccc3ccc(CCO)cc23)cc1. The number of fused-ring (bicyclic) bond motifs is 1. The molecule has 0 amide bonds. The minimum atomic E-state index is 0.181. The third kappa shape index (κ3) is 4.01. The average molecular weight is 319 g/mol. The molecule has 0 aliphatic heterocycles. The first-order chi connectivity index (χ1) is 11.8. The van der Waals surface area contributed by atoms with Crippen molar-refractivity contribution < 1.29 is 5.11 Å². The van der Waals surface area contributed by atoms with E-state index in [0.29, 0.717) is 6.42 Å². The molecule has 0 saturated heterocycles. The van der Waals surface area contributed by atoms with Gasteiger partial charge in [0.25, 0.3) is 0 Å². The van der Waals surface area contributed by atoms with Gasteiger partial charge in [0.2, 0.25) is 0 Å². The summed E-state index contributed by atoms with van der Waals surface area (Å²) in [4.78, 5) is 4.61. The number of aromatic nitrogens is 1. The van der Waals surface area contributed by atoms with Gasteiger partial charge < -0.3 is 5.11 Å². The molecule has 24 heavy (non-hydrogen) atoms. The van der Waals surface area contributed by atoms with Gasteiger partial charge in [-0.3, -0.25) is 4.98 Å². The molecule has 3 aromatic rings. The zero-order chi connectivity index (χ0) is 16.8. The number of aliphatic hydroxyl groups is 1. The van der Waals surface area contributed by atoms with Gasteiger partial charge in [-0.15, -0.1) is 0 Å². The Bertz CT molecular complexity index is 793. The van der Waals surface area contributed by atoms with Crippen LogP contribution in [0.25, 0.3) is 10.8 Å². The summed E-state index contributed by atoms with van der Waals surface area (Å²) in [6.45, 7) is 2.41. The average Bonchev–Trinajstić information content (AvgIpc) is 2.62. The Morgan fingerprint density at radius 2 is 1.62 bits per heavy atom. The zero-order valence-corrected chi connectivity index (χ0v) is 14.3. The van der Waals surface area contributed by atoms with E-state index >= 15 is 0 Å². The summed E-state index contributed by atoms with van der Waals surface area (Å²) in [5.41, 5.74) is 4.97. The van der Waals surface area contributed by atoms with Crippen molar-refractivity contribution in [2.45, 2.75) is 39.0 Å². The van der Waals surface area contributed by atoms with Crippen molar-refractivity contribution >= 4 is 10.8 Å². The van der Waals surface area contributed by atoms with Crippen LogP contribution >= 0.6 is 0 Å². The van der Waals surface area contributed by atoms with Crippen LogP contribution in [0, 0.1) is 0 Å². The van der Waals surface area contributed by atoms with E-state index in [1.165, 1.54) is 34.7 Å². The molecule has 0 fully saturated rings. The van der Waals surface area contributed by atoms with Gasteiger partial charge in [0.15, 0.2) is 0 Å². The lowest BCUT2D eigenvalue weighted by atomic mass is 9.99. The number of unbranched alkanes of at least 4 members (excludes halogenated alkanes) is 1. The van der Waals surface area contributed by atoms with Crippen LogP contribution in [0.15, 0.2) is 54.7 Å². The summed E-state index contributed by atoms with van der Waals surface area (Å²) in [6, 6.07) is 17.4. The number of benzene rings is 2. The van der Waals surface area contributed by atoms with E-state index in [-0.39, 0.29) is 6.61 Å². The summed E-state index contributed by atoms with van der Waals surface area (Å²) in [7, 11) is 0. The van der Waals surface area contributed by atoms with Crippen molar-refractivity contribution in [1.29, 1.82) is 0 Å². The van der Waals surface area contributed by atoms with E-state index in [9.17, 15) is 0 Å². The first-order valence-corrected chi connectivity index (χ1v) is 8.85. The van der Waals surface area contributed by atoms with Crippen LogP contribution in [0.2, 0.25) is 0 Å². The van der Waals surface area contributed by atoms with Crippen LogP contribution in [0.4, 0.5) is 0 Å². The maximum Gasteiger partial charge on any atom is 0.0525 e. The normalized spacial score (nSPS) is 11.1. The lowest BCUT2D eigenvalue weighted by Gasteiger charge is -2.09. The van der Waals surface area contributed by atoms with Crippen molar-refractivity contribution in [3.63, 3.8) is 0 Å². The summed E-state index contributed by atoms with van der Waals surface area (Å²) in [6.07, 6.45) is 7.06. The van der Waals surface area contributed by atoms with Gasteiger partial charge in [-0.05, 0) is 53.5 Å². The molecule has 3 rings (SSSR count). The maximum atomic E-state index is 9.17. The largest absolute Gasteiger partial charge is 0.396 e. The second kappa shape index (κ2) is 8.07. The molecule has 0 radical (unpaired) electrons. The Morgan fingerprint density at radius 1 is 0.875 bits per heavy atom. The Labute approximate surface area is 144 Å². The lowest BCUT2D eigenvalue weighted by molar-refractivity contribution is 0.299. The Balaban J connectivity index is 1.84. The second-order valence-corrected chi connectivity index (χ2v) is 6.38. The van der Waals surface area contributed by atoms with Crippen molar-refractivity contribution in [1.82, 2.24) is 4.98 Å². The number of aryl methyl sites for hydroxylation is 1. The highest BCUT2D eigenvalue weighted by Crippen LogP contribution is 2.22.